The Morgan fingerprint density at radius 3 is 2.25 bits per heavy atom. The Balaban J connectivity index is 4.02. The summed E-state index contributed by atoms with van der Waals surface area (Å²) in [5.74, 6) is 0.771. The minimum atomic E-state index is -1.46. The largest absolute Gasteiger partial charge is 0.414 e. The molecule has 0 aromatic carbocycles. The van der Waals surface area contributed by atoms with Crippen molar-refractivity contribution in [1.29, 1.82) is 0 Å². The maximum absolute atomic E-state index is 6.36. The van der Waals surface area contributed by atoms with Crippen LogP contribution in [-0.2, 0) is 4.43 Å². The van der Waals surface area contributed by atoms with Gasteiger partial charge in [-0.05, 0) is 38.4 Å². The van der Waals surface area contributed by atoms with Crippen LogP contribution < -0.4 is 0 Å². The Morgan fingerprint density at radius 2 is 1.75 bits per heavy atom. The molecule has 0 saturated carbocycles. The van der Waals surface area contributed by atoms with E-state index in [0.717, 1.165) is 12.3 Å². The van der Waals surface area contributed by atoms with E-state index >= 15 is 0 Å². The molecule has 0 aliphatic carbocycles. The van der Waals surface area contributed by atoms with Crippen LogP contribution in [0.3, 0.4) is 0 Å². The lowest BCUT2D eigenvalue weighted by molar-refractivity contribution is 0.166. The monoisotopic (exact) mass is 264 g/mol. The van der Waals surface area contributed by atoms with E-state index in [1.807, 2.05) is 0 Å². The van der Waals surface area contributed by atoms with Crippen LogP contribution in [0.4, 0.5) is 0 Å². The fourth-order valence-electron chi connectivity index (χ4n) is 2.02. The third-order valence-corrected chi connectivity index (χ3v) is 5.68. The molecule has 0 aliphatic rings. The summed E-state index contributed by atoms with van der Waals surface area (Å²) < 4.78 is 6.36. The molecular formula is C13H29ClOSi. The summed E-state index contributed by atoms with van der Waals surface area (Å²) in [6, 6.07) is 1.20. The number of halogens is 1. The molecule has 0 aromatic rings. The first kappa shape index (κ1) is 16.5. The van der Waals surface area contributed by atoms with E-state index in [-0.39, 0.29) is 0 Å². The van der Waals surface area contributed by atoms with Gasteiger partial charge in [-0.15, -0.1) is 11.6 Å². The molecule has 0 saturated heterocycles. The lowest BCUT2D eigenvalue weighted by Gasteiger charge is -2.29. The first-order valence-corrected chi connectivity index (χ1v) is 10.4. The molecule has 0 rings (SSSR count). The van der Waals surface area contributed by atoms with Gasteiger partial charge < -0.3 is 4.43 Å². The summed E-state index contributed by atoms with van der Waals surface area (Å²) in [7, 11) is -1.46. The highest BCUT2D eigenvalue weighted by molar-refractivity contribution is 6.71. The Kier molecular flexibility index (Phi) is 9.77. The molecule has 0 N–H and O–H groups in total. The van der Waals surface area contributed by atoms with Crippen molar-refractivity contribution in [3.05, 3.63) is 0 Å². The zero-order valence-corrected chi connectivity index (χ0v) is 13.3. The minimum absolute atomic E-state index is 0.502. The molecule has 3 heteroatoms. The highest BCUT2D eigenvalue weighted by Crippen LogP contribution is 2.21. The smallest absolute Gasteiger partial charge is 0.187 e. The van der Waals surface area contributed by atoms with Gasteiger partial charge in [0.15, 0.2) is 8.32 Å². The van der Waals surface area contributed by atoms with Gasteiger partial charge in [-0.1, -0.05) is 33.1 Å². The van der Waals surface area contributed by atoms with Gasteiger partial charge in [0.25, 0.3) is 0 Å². The van der Waals surface area contributed by atoms with E-state index in [4.69, 9.17) is 16.0 Å². The number of hydrogen-bond donors (Lipinski definition) is 0. The summed E-state index contributed by atoms with van der Waals surface area (Å²) in [5, 5.41) is 0. The van der Waals surface area contributed by atoms with Crippen molar-refractivity contribution in [2.24, 2.45) is 0 Å². The van der Waals surface area contributed by atoms with Crippen LogP contribution in [0.15, 0.2) is 0 Å². The van der Waals surface area contributed by atoms with Gasteiger partial charge in [0, 0.05) is 12.0 Å². The number of hydrogen-bond acceptors (Lipinski definition) is 1. The predicted octanol–water partition coefficient (Wildman–Crippen LogP) is 5.20. The Bertz CT molecular complexity index is 162. The predicted molar refractivity (Wildman–Crippen MR) is 76.9 cm³/mol. The Morgan fingerprint density at radius 1 is 1.06 bits per heavy atom. The summed E-state index contributed by atoms with van der Waals surface area (Å²) >= 11 is 5.76. The highest BCUT2D eigenvalue weighted by atomic mass is 35.5. The molecule has 0 bridgehead atoms. The molecule has 98 valence electrons. The van der Waals surface area contributed by atoms with Crippen molar-refractivity contribution in [2.45, 2.75) is 77.6 Å². The van der Waals surface area contributed by atoms with Crippen LogP contribution in [0.1, 0.15) is 52.4 Å². The van der Waals surface area contributed by atoms with Crippen LogP contribution in [0.5, 0.6) is 0 Å². The van der Waals surface area contributed by atoms with Gasteiger partial charge in [-0.25, -0.2) is 0 Å². The Labute approximate surface area is 108 Å². The van der Waals surface area contributed by atoms with Crippen molar-refractivity contribution in [2.75, 3.05) is 5.88 Å². The van der Waals surface area contributed by atoms with Crippen molar-refractivity contribution in [1.82, 2.24) is 0 Å². The second-order valence-corrected chi connectivity index (χ2v) is 9.86. The molecule has 0 spiro atoms. The molecule has 1 nitrogen and oxygen atoms in total. The molecule has 0 aromatic heterocycles. The Hall–Kier alpha value is 0.467. The first-order chi connectivity index (χ1) is 7.55. The quantitative estimate of drug-likeness (QED) is 0.389. The zero-order valence-electron chi connectivity index (χ0n) is 11.5. The normalized spacial score (nSPS) is 14.1. The van der Waals surface area contributed by atoms with E-state index in [2.05, 4.69) is 26.9 Å². The van der Waals surface area contributed by atoms with E-state index in [9.17, 15) is 0 Å². The second-order valence-electron chi connectivity index (χ2n) is 5.22. The van der Waals surface area contributed by atoms with Gasteiger partial charge in [0.2, 0.25) is 0 Å². The maximum atomic E-state index is 6.36. The average Bonchev–Trinajstić information content (AvgIpc) is 2.23. The second kappa shape index (κ2) is 9.49. The van der Waals surface area contributed by atoms with Crippen molar-refractivity contribution in [3.63, 3.8) is 0 Å². The SMILES string of the molecule is CCCCC(CCC)O[Si](C)(C)CCCCl. The van der Waals surface area contributed by atoms with E-state index < -0.39 is 8.32 Å². The van der Waals surface area contributed by atoms with Gasteiger partial charge in [0.1, 0.15) is 0 Å². The van der Waals surface area contributed by atoms with Gasteiger partial charge in [0.05, 0.1) is 0 Å². The van der Waals surface area contributed by atoms with Crippen LogP contribution in [0, 0.1) is 0 Å². The molecule has 0 aliphatic heterocycles. The molecule has 0 amide bonds. The van der Waals surface area contributed by atoms with Crippen LogP contribution in [-0.4, -0.2) is 20.3 Å². The highest BCUT2D eigenvalue weighted by Gasteiger charge is 2.25. The van der Waals surface area contributed by atoms with Crippen molar-refractivity contribution < 1.29 is 4.43 Å². The summed E-state index contributed by atoms with van der Waals surface area (Å²) in [6.07, 6.45) is 7.86. The zero-order chi connectivity index (χ0) is 12.4. The standard InChI is InChI=1S/C13H29ClOSi/c1-5-7-10-13(9-6-2)15-16(3,4)12-8-11-14/h13H,5-12H2,1-4H3. The maximum Gasteiger partial charge on any atom is 0.187 e. The lowest BCUT2D eigenvalue weighted by Crippen LogP contribution is -2.35. The van der Waals surface area contributed by atoms with E-state index in [1.165, 1.54) is 38.1 Å². The van der Waals surface area contributed by atoms with E-state index in [0.29, 0.717) is 6.10 Å². The number of unbranched alkanes of at least 4 members (excludes halogenated alkanes) is 1. The topological polar surface area (TPSA) is 9.23 Å². The van der Waals surface area contributed by atoms with Gasteiger partial charge in [-0.2, -0.15) is 0 Å². The van der Waals surface area contributed by atoms with Crippen LogP contribution >= 0.6 is 11.6 Å². The number of rotatable bonds is 10. The molecular weight excluding hydrogens is 236 g/mol. The van der Waals surface area contributed by atoms with Crippen molar-refractivity contribution >= 4 is 19.9 Å². The lowest BCUT2D eigenvalue weighted by atomic mass is 10.1. The molecule has 1 atom stereocenters. The van der Waals surface area contributed by atoms with Gasteiger partial charge >= 0.3 is 0 Å². The van der Waals surface area contributed by atoms with Crippen LogP contribution in [0.2, 0.25) is 19.1 Å². The molecule has 1 unspecified atom stereocenters. The minimum Gasteiger partial charge on any atom is -0.414 e. The molecule has 16 heavy (non-hydrogen) atoms. The van der Waals surface area contributed by atoms with E-state index in [1.54, 1.807) is 0 Å². The third kappa shape index (κ3) is 8.60. The third-order valence-electron chi connectivity index (χ3n) is 2.89. The number of alkyl halides is 1. The van der Waals surface area contributed by atoms with Crippen molar-refractivity contribution in [3.8, 4) is 0 Å². The average molecular weight is 265 g/mol. The molecule has 0 radical (unpaired) electrons. The van der Waals surface area contributed by atoms with Gasteiger partial charge in [-0.3, -0.25) is 0 Å². The fourth-order valence-corrected chi connectivity index (χ4v) is 4.66. The molecule has 0 fully saturated rings. The summed E-state index contributed by atoms with van der Waals surface area (Å²) in [4.78, 5) is 0. The summed E-state index contributed by atoms with van der Waals surface area (Å²) in [6.45, 7) is 9.15. The van der Waals surface area contributed by atoms with Crippen LogP contribution in [0.25, 0.3) is 0 Å². The summed E-state index contributed by atoms with van der Waals surface area (Å²) in [5.41, 5.74) is 0. The molecule has 0 heterocycles. The first-order valence-electron chi connectivity index (χ1n) is 6.79. The fraction of sp³-hybridized carbons (Fsp3) is 1.00.